The Labute approximate surface area is 140 Å². The fraction of sp³-hybridized carbons (Fsp3) is 0.625. The van der Waals surface area contributed by atoms with Gasteiger partial charge in [0.1, 0.15) is 11.4 Å². The van der Waals surface area contributed by atoms with E-state index in [4.69, 9.17) is 4.74 Å². The number of hydrogen-bond donors (Lipinski definition) is 1. The van der Waals surface area contributed by atoms with Crippen LogP contribution < -0.4 is 5.32 Å². The standard InChI is InChI=1S/C16H24BrN3O2/c1-11-13(19-14-8-7-12(17)10-18-14)6-5-9-20(11)15(21)22-16(2,3)4/h7-8,10-11,13H,5-6,9H2,1-4H3,(H,18,19)/t11-,13+/m0/s1. The lowest BCUT2D eigenvalue weighted by Gasteiger charge is -2.40. The van der Waals surface area contributed by atoms with Gasteiger partial charge in [0.25, 0.3) is 0 Å². The van der Waals surface area contributed by atoms with Gasteiger partial charge in [-0.1, -0.05) is 0 Å². The Morgan fingerprint density at radius 2 is 2.18 bits per heavy atom. The lowest BCUT2D eigenvalue weighted by Crippen LogP contribution is -2.53. The molecule has 1 aliphatic rings. The molecule has 1 saturated heterocycles. The van der Waals surface area contributed by atoms with E-state index in [-0.39, 0.29) is 18.2 Å². The summed E-state index contributed by atoms with van der Waals surface area (Å²) in [5.74, 6) is 0.825. The molecule has 0 radical (unpaired) electrons. The van der Waals surface area contributed by atoms with Crippen LogP contribution >= 0.6 is 15.9 Å². The first-order valence-corrected chi connectivity index (χ1v) is 8.43. The Morgan fingerprint density at radius 1 is 1.45 bits per heavy atom. The van der Waals surface area contributed by atoms with Crippen LogP contribution in [0.2, 0.25) is 0 Å². The first-order chi connectivity index (χ1) is 10.3. The average molecular weight is 370 g/mol. The number of carbonyl (C=O) groups is 1. The Bertz CT molecular complexity index is 513. The van der Waals surface area contributed by atoms with E-state index in [0.717, 1.165) is 29.7 Å². The Morgan fingerprint density at radius 3 is 2.77 bits per heavy atom. The summed E-state index contributed by atoms with van der Waals surface area (Å²) in [6.45, 7) is 8.46. The summed E-state index contributed by atoms with van der Waals surface area (Å²) in [4.78, 5) is 18.5. The molecule has 0 spiro atoms. The highest BCUT2D eigenvalue weighted by Gasteiger charge is 2.33. The molecule has 1 aromatic rings. The maximum Gasteiger partial charge on any atom is 0.410 e. The minimum atomic E-state index is -0.468. The van der Waals surface area contributed by atoms with E-state index in [9.17, 15) is 4.79 Å². The molecule has 2 heterocycles. The second-order valence-electron chi connectivity index (χ2n) is 6.67. The fourth-order valence-corrected chi connectivity index (χ4v) is 2.80. The number of ether oxygens (including phenoxy) is 1. The Hall–Kier alpha value is -1.30. The molecule has 5 nitrogen and oxygen atoms in total. The zero-order valence-electron chi connectivity index (χ0n) is 13.6. The van der Waals surface area contributed by atoms with Gasteiger partial charge in [0.15, 0.2) is 0 Å². The van der Waals surface area contributed by atoms with E-state index in [0.29, 0.717) is 0 Å². The number of anilines is 1. The molecule has 0 aromatic carbocycles. The predicted molar refractivity (Wildman–Crippen MR) is 91.0 cm³/mol. The largest absolute Gasteiger partial charge is 0.444 e. The Kier molecular flexibility index (Phi) is 5.32. The molecule has 6 heteroatoms. The van der Waals surface area contributed by atoms with Gasteiger partial charge >= 0.3 is 6.09 Å². The molecule has 0 unspecified atom stereocenters. The lowest BCUT2D eigenvalue weighted by atomic mass is 9.98. The van der Waals surface area contributed by atoms with Gasteiger partial charge in [0.05, 0.1) is 6.04 Å². The third kappa shape index (κ3) is 4.60. The monoisotopic (exact) mass is 369 g/mol. The van der Waals surface area contributed by atoms with Crippen molar-refractivity contribution in [2.24, 2.45) is 0 Å². The number of piperidine rings is 1. The van der Waals surface area contributed by atoms with Crippen molar-refractivity contribution in [3.8, 4) is 0 Å². The van der Waals surface area contributed by atoms with Gasteiger partial charge in [-0.3, -0.25) is 0 Å². The summed E-state index contributed by atoms with van der Waals surface area (Å²) in [6, 6.07) is 4.13. The van der Waals surface area contributed by atoms with Crippen molar-refractivity contribution in [2.45, 2.75) is 58.2 Å². The van der Waals surface area contributed by atoms with Crippen molar-refractivity contribution in [1.82, 2.24) is 9.88 Å². The van der Waals surface area contributed by atoms with Gasteiger partial charge in [-0.05, 0) is 68.6 Å². The van der Waals surface area contributed by atoms with Gasteiger partial charge in [-0.2, -0.15) is 0 Å². The van der Waals surface area contributed by atoms with Crippen molar-refractivity contribution >= 4 is 27.8 Å². The number of halogens is 1. The first-order valence-electron chi connectivity index (χ1n) is 7.64. The van der Waals surface area contributed by atoms with Crippen LogP contribution in [0.1, 0.15) is 40.5 Å². The van der Waals surface area contributed by atoms with Crippen LogP contribution in [0.15, 0.2) is 22.8 Å². The van der Waals surface area contributed by atoms with E-state index in [1.54, 1.807) is 6.20 Å². The van der Waals surface area contributed by atoms with Crippen molar-refractivity contribution in [1.29, 1.82) is 0 Å². The number of nitrogens with zero attached hydrogens (tertiary/aromatic N) is 2. The summed E-state index contributed by atoms with van der Waals surface area (Å²) in [7, 11) is 0. The number of rotatable bonds is 2. The average Bonchev–Trinajstić information content (AvgIpc) is 2.41. The molecule has 1 aliphatic heterocycles. The second-order valence-corrected chi connectivity index (χ2v) is 7.58. The number of amides is 1. The first kappa shape index (κ1) is 17.1. The second kappa shape index (κ2) is 6.86. The Balaban J connectivity index is 2.01. The molecule has 0 aliphatic carbocycles. The van der Waals surface area contributed by atoms with Crippen LogP contribution in [0, 0.1) is 0 Å². The number of pyridine rings is 1. The van der Waals surface area contributed by atoms with Crippen LogP contribution in [-0.4, -0.2) is 40.2 Å². The highest BCUT2D eigenvalue weighted by Crippen LogP contribution is 2.23. The molecule has 2 rings (SSSR count). The molecule has 2 atom stereocenters. The zero-order valence-corrected chi connectivity index (χ0v) is 15.2. The zero-order chi connectivity index (χ0) is 16.3. The van der Waals surface area contributed by atoms with Gasteiger partial charge in [0, 0.05) is 23.3 Å². The van der Waals surface area contributed by atoms with Gasteiger partial charge < -0.3 is 15.0 Å². The third-order valence-corrected chi connectivity index (χ3v) is 4.15. The molecule has 122 valence electrons. The topological polar surface area (TPSA) is 54.5 Å². The molecular weight excluding hydrogens is 346 g/mol. The van der Waals surface area contributed by atoms with E-state index >= 15 is 0 Å². The SMILES string of the molecule is C[C@H]1[C@H](Nc2ccc(Br)cn2)CCCN1C(=O)OC(C)(C)C. The van der Waals surface area contributed by atoms with Crippen LogP contribution in [0.25, 0.3) is 0 Å². The quantitative estimate of drug-likeness (QED) is 0.854. The fourth-order valence-electron chi connectivity index (χ4n) is 2.57. The number of hydrogen-bond acceptors (Lipinski definition) is 4. The van der Waals surface area contributed by atoms with E-state index in [1.165, 1.54) is 0 Å². The highest BCUT2D eigenvalue weighted by atomic mass is 79.9. The van der Waals surface area contributed by atoms with Gasteiger partial charge in [0.2, 0.25) is 0 Å². The highest BCUT2D eigenvalue weighted by molar-refractivity contribution is 9.10. The van der Waals surface area contributed by atoms with E-state index in [2.05, 4.69) is 33.2 Å². The van der Waals surface area contributed by atoms with Crippen LogP contribution in [0.3, 0.4) is 0 Å². The summed E-state index contributed by atoms with van der Waals surface area (Å²) in [5, 5.41) is 3.42. The molecule has 0 saturated carbocycles. The van der Waals surface area contributed by atoms with Gasteiger partial charge in [-0.15, -0.1) is 0 Å². The van der Waals surface area contributed by atoms with Crippen LogP contribution in [0.5, 0.6) is 0 Å². The number of aromatic nitrogens is 1. The molecule has 1 N–H and O–H groups in total. The van der Waals surface area contributed by atoms with E-state index in [1.807, 2.05) is 37.8 Å². The van der Waals surface area contributed by atoms with E-state index < -0.39 is 5.60 Å². The summed E-state index contributed by atoms with van der Waals surface area (Å²) >= 11 is 3.38. The van der Waals surface area contributed by atoms with Crippen molar-refractivity contribution in [2.75, 3.05) is 11.9 Å². The molecule has 1 fully saturated rings. The van der Waals surface area contributed by atoms with Gasteiger partial charge in [-0.25, -0.2) is 9.78 Å². The molecule has 1 aromatic heterocycles. The molecule has 22 heavy (non-hydrogen) atoms. The summed E-state index contributed by atoms with van der Waals surface area (Å²) in [6.07, 6.45) is 3.49. The predicted octanol–water partition coefficient (Wildman–Crippen LogP) is 4.04. The maximum absolute atomic E-state index is 12.3. The summed E-state index contributed by atoms with van der Waals surface area (Å²) in [5.41, 5.74) is -0.468. The minimum Gasteiger partial charge on any atom is -0.444 e. The molecule has 1 amide bonds. The smallest absolute Gasteiger partial charge is 0.410 e. The van der Waals surface area contributed by atoms with Crippen molar-refractivity contribution in [3.63, 3.8) is 0 Å². The third-order valence-electron chi connectivity index (χ3n) is 3.68. The van der Waals surface area contributed by atoms with Crippen molar-refractivity contribution in [3.05, 3.63) is 22.8 Å². The minimum absolute atomic E-state index is 0.0639. The molecule has 0 bridgehead atoms. The van der Waals surface area contributed by atoms with Crippen LogP contribution in [0.4, 0.5) is 10.6 Å². The number of carbonyl (C=O) groups excluding carboxylic acids is 1. The number of nitrogens with one attached hydrogen (secondary N) is 1. The normalized spacial score (nSPS) is 22.3. The van der Waals surface area contributed by atoms with Crippen LogP contribution in [-0.2, 0) is 4.74 Å². The maximum atomic E-state index is 12.3. The summed E-state index contributed by atoms with van der Waals surface area (Å²) < 4.78 is 6.45. The molecular formula is C16H24BrN3O2. The van der Waals surface area contributed by atoms with Crippen molar-refractivity contribution < 1.29 is 9.53 Å². The number of likely N-dealkylation sites (tertiary alicyclic amines) is 1. The lowest BCUT2D eigenvalue weighted by molar-refractivity contribution is 0.0104.